The number of nitrogens with one attached hydrogen (secondary N) is 1. The number of hydrogen-bond donors (Lipinski definition) is 1. The van der Waals surface area contributed by atoms with Gasteiger partial charge in [0, 0.05) is 13.2 Å². The molecule has 0 fully saturated rings. The van der Waals surface area contributed by atoms with E-state index in [4.69, 9.17) is 4.74 Å². The zero-order valence-electron chi connectivity index (χ0n) is 8.54. The Bertz CT molecular complexity index is 355. The minimum Gasteiger partial charge on any atom is -0.497 e. The van der Waals surface area contributed by atoms with Crippen molar-refractivity contribution in [2.75, 3.05) is 26.1 Å². The summed E-state index contributed by atoms with van der Waals surface area (Å²) in [7, 11) is 2.86. The number of anilines is 1. The molecule has 0 saturated carbocycles. The first-order chi connectivity index (χ1) is 7.17. The van der Waals surface area contributed by atoms with Crippen LogP contribution in [0.4, 0.5) is 10.1 Å². The van der Waals surface area contributed by atoms with Gasteiger partial charge in [-0.1, -0.05) is 0 Å². The Kier molecular flexibility index (Phi) is 4.05. The van der Waals surface area contributed by atoms with E-state index in [9.17, 15) is 9.18 Å². The molecule has 0 heterocycles. The molecule has 82 valence electrons. The summed E-state index contributed by atoms with van der Waals surface area (Å²) in [5, 5.41) is 2.37. The molecule has 0 atom stereocenters. The Labute approximate surface area is 87.0 Å². The fraction of sp³-hybridized carbons (Fsp3) is 0.300. The normalized spacial score (nSPS) is 9.80. The number of ether oxygens (including phenoxy) is 2. The van der Waals surface area contributed by atoms with Crippen molar-refractivity contribution in [1.29, 1.82) is 0 Å². The highest BCUT2D eigenvalue weighted by Gasteiger charge is 2.07. The summed E-state index contributed by atoms with van der Waals surface area (Å²) in [6.07, 6.45) is 0. The Hall–Kier alpha value is -1.62. The highest BCUT2D eigenvalue weighted by Crippen LogP contribution is 2.20. The minimum atomic E-state index is -0.514. The standard InChI is InChI=1S/C10H12FNO3/c1-14-6-10(13)12-9-5-7(15-2)3-4-8(9)11/h3-5H,6H2,1-2H3,(H,12,13). The molecule has 0 radical (unpaired) electrons. The van der Waals surface area contributed by atoms with Gasteiger partial charge in [-0.15, -0.1) is 0 Å². The molecule has 4 nitrogen and oxygen atoms in total. The molecule has 0 unspecified atom stereocenters. The van der Waals surface area contributed by atoms with Crippen LogP contribution in [0.1, 0.15) is 0 Å². The number of amides is 1. The molecule has 0 aliphatic heterocycles. The second kappa shape index (κ2) is 5.31. The predicted molar refractivity (Wildman–Crippen MR) is 53.5 cm³/mol. The van der Waals surface area contributed by atoms with E-state index in [0.29, 0.717) is 5.75 Å². The van der Waals surface area contributed by atoms with Gasteiger partial charge in [-0.2, -0.15) is 0 Å². The van der Waals surface area contributed by atoms with Gasteiger partial charge < -0.3 is 14.8 Å². The quantitative estimate of drug-likeness (QED) is 0.822. The van der Waals surface area contributed by atoms with Crippen LogP contribution in [-0.4, -0.2) is 26.7 Å². The Morgan fingerprint density at radius 2 is 2.20 bits per heavy atom. The molecule has 0 saturated heterocycles. The Balaban J connectivity index is 2.79. The van der Waals surface area contributed by atoms with Gasteiger partial charge in [0.1, 0.15) is 18.2 Å². The number of rotatable bonds is 4. The molecule has 0 bridgehead atoms. The van der Waals surface area contributed by atoms with Crippen molar-refractivity contribution in [3.05, 3.63) is 24.0 Å². The van der Waals surface area contributed by atoms with Gasteiger partial charge >= 0.3 is 0 Å². The lowest BCUT2D eigenvalue weighted by Crippen LogP contribution is -2.17. The fourth-order valence-corrected chi connectivity index (χ4v) is 1.04. The first-order valence-corrected chi connectivity index (χ1v) is 4.29. The van der Waals surface area contributed by atoms with Crippen molar-refractivity contribution in [1.82, 2.24) is 0 Å². The molecule has 15 heavy (non-hydrogen) atoms. The molecular formula is C10H12FNO3. The lowest BCUT2D eigenvalue weighted by molar-refractivity contribution is -0.119. The van der Waals surface area contributed by atoms with E-state index in [1.165, 1.54) is 32.4 Å². The van der Waals surface area contributed by atoms with E-state index in [1.54, 1.807) is 0 Å². The molecule has 0 aliphatic rings. The van der Waals surface area contributed by atoms with Crippen LogP contribution in [0.25, 0.3) is 0 Å². The first-order valence-electron chi connectivity index (χ1n) is 4.29. The average Bonchev–Trinajstić information content (AvgIpc) is 2.21. The summed E-state index contributed by atoms with van der Waals surface area (Å²) in [5.41, 5.74) is 0.0800. The lowest BCUT2D eigenvalue weighted by atomic mass is 10.3. The van der Waals surface area contributed by atoms with Crippen molar-refractivity contribution in [3.63, 3.8) is 0 Å². The van der Waals surface area contributed by atoms with Crippen LogP contribution < -0.4 is 10.1 Å². The van der Waals surface area contributed by atoms with E-state index in [2.05, 4.69) is 10.1 Å². The van der Waals surface area contributed by atoms with Crippen molar-refractivity contribution >= 4 is 11.6 Å². The minimum absolute atomic E-state index is 0.0800. The second-order valence-electron chi connectivity index (χ2n) is 2.83. The van der Waals surface area contributed by atoms with Crippen molar-refractivity contribution in [2.45, 2.75) is 0 Å². The fourth-order valence-electron chi connectivity index (χ4n) is 1.04. The number of benzene rings is 1. The zero-order chi connectivity index (χ0) is 11.3. The van der Waals surface area contributed by atoms with E-state index < -0.39 is 11.7 Å². The molecule has 1 N–H and O–H groups in total. The van der Waals surface area contributed by atoms with Gasteiger partial charge in [-0.05, 0) is 12.1 Å². The third kappa shape index (κ3) is 3.21. The molecule has 1 aromatic carbocycles. The van der Waals surface area contributed by atoms with Gasteiger partial charge in [0.25, 0.3) is 0 Å². The predicted octanol–water partition coefficient (Wildman–Crippen LogP) is 1.42. The van der Waals surface area contributed by atoms with Gasteiger partial charge in [-0.25, -0.2) is 4.39 Å². The van der Waals surface area contributed by atoms with Gasteiger partial charge in [0.05, 0.1) is 12.8 Å². The van der Waals surface area contributed by atoms with Crippen molar-refractivity contribution in [2.24, 2.45) is 0 Å². The maximum Gasteiger partial charge on any atom is 0.250 e. The van der Waals surface area contributed by atoms with Crippen LogP contribution in [0.15, 0.2) is 18.2 Å². The van der Waals surface area contributed by atoms with Gasteiger partial charge in [0.15, 0.2) is 0 Å². The number of carbonyl (C=O) groups is 1. The molecule has 1 aromatic rings. The van der Waals surface area contributed by atoms with Crippen LogP contribution in [-0.2, 0) is 9.53 Å². The van der Waals surface area contributed by atoms with E-state index >= 15 is 0 Å². The average molecular weight is 213 g/mol. The lowest BCUT2D eigenvalue weighted by Gasteiger charge is -2.07. The highest BCUT2D eigenvalue weighted by molar-refractivity contribution is 5.92. The monoisotopic (exact) mass is 213 g/mol. The largest absolute Gasteiger partial charge is 0.497 e. The third-order valence-corrected chi connectivity index (χ3v) is 1.72. The second-order valence-corrected chi connectivity index (χ2v) is 2.83. The van der Waals surface area contributed by atoms with Crippen LogP contribution in [0.3, 0.4) is 0 Å². The molecule has 1 amide bonds. The number of halogens is 1. The number of hydrogen-bond acceptors (Lipinski definition) is 3. The van der Waals surface area contributed by atoms with Crippen LogP contribution in [0.5, 0.6) is 5.75 Å². The molecule has 5 heteroatoms. The van der Waals surface area contributed by atoms with Crippen molar-refractivity contribution in [3.8, 4) is 5.75 Å². The maximum atomic E-state index is 13.2. The Morgan fingerprint density at radius 1 is 1.47 bits per heavy atom. The highest BCUT2D eigenvalue weighted by atomic mass is 19.1. The molecule has 1 rings (SSSR count). The van der Waals surface area contributed by atoms with Gasteiger partial charge in [-0.3, -0.25) is 4.79 Å². The summed E-state index contributed by atoms with van der Waals surface area (Å²) < 4.78 is 22.7. The maximum absolute atomic E-state index is 13.2. The van der Waals surface area contributed by atoms with Gasteiger partial charge in [0.2, 0.25) is 5.91 Å². The summed E-state index contributed by atoms with van der Waals surface area (Å²) in [6, 6.07) is 4.10. The Morgan fingerprint density at radius 3 is 2.80 bits per heavy atom. The molecule has 0 aliphatic carbocycles. The molecular weight excluding hydrogens is 201 g/mol. The van der Waals surface area contributed by atoms with Crippen LogP contribution in [0.2, 0.25) is 0 Å². The van der Waals surface area contributed by atoms with Crippen LogP contribution in [0, 0.1) is 5.82 Å². The molecule has 0 spiro atoms. The smallest absolute Gasteiger partial charge is 0.250 e. The zero-order valence-corrected chi connectivity index (χ0v) is 8.54. The first kappa shape index (κ1) is 11.5. The van der Waals surface area contributed by atoms with E-state index in [-0.39, 0.29) is 12.3 Å². The summed E-state index contributed by atoms with van der Waals surface area (Å²) in [5.74, 6) is -0.450. The SMILES string of the molecule is COCC(=O)Nc1cc(OC)ccc1F. The third-order valence-electron chi connectivity index (χ3n) is 1.72. The van der Waals surface area contributed by atoms with Crippen LogP contribution >= 0.6 is 0 Å². The molecule has 0 aromatic heterocycles. The summed E-state index contributed by atoms with van der Waals surface area (Å²) >= 11 is 0. The van der Waals surface area contributed by atoms with Crippen molar-refractivity contribution < 1.29 is 18.7 Å². The van der Waals surface area contributed by atoms with E-state index in [1.807, 2.05) is 0 Å². The summed E-state index contributed by atoms with van der Waals surface area (Å²) in [6.45, 7) is -0.114. The number of carbonyl (C=O) groups excluding carboxylic acids is 1. The number of methoxy groups -OCH3 is 2. The topological polar surface area (TPSA) is 47.6 Å². The summed E-state index contributed by atoms with van der Waals surface area (Å²) in [4.78, 5) is 11.1. The van der Waals surface area contributed by atoms with E-state index in [0.717, 1.165) is 0 Å².